The molecule has 0 saturated heterocycles. The number of ether oxygens (including phenoxy) is 1. The third kappa shape index (κ3) is 5.51. The lowest BCUT2D eigenvalue weighted by molar-refractivity contribution is 0.244. The molecule has 0 aliphatic heterocycles. The highest BCUT2D eigenvalue weighted by Crippen LogP contribution is 2.24. The van der Waals surface area contributed by atoms with E-state index in [-0.39, 0.29) is 6.10 Å². The molecule has 3 heteroatoms. The molecule has 3 N–H and O–H groups in total. The van der Waals surface area contributed by atoms with E-state index in [9.17, 15) is 0 Å². The number of nitrogens with two attached hydrogens (primary N) is 1. The summed E-state index contributed by atoms with van der Waals surface area (Å²) >= 11 is 0. The van der Waals surface area contributed by atoms with E-state index in [4.69, 9.17) is 10.5 Å². The quantitative estimate of drug-likeness (QED) is 0.574. The average molecular weight is 312 g/mol. The summed E-state index contributed by atoms with van der Waals surface area (Å²) in [4.78, 5) is 0. The monoisotopic (exact) mass is 312 g/mol. The Bertz CT molecular complexity index is 630. The molecule has 0 aliphatic rings. The van der Waals surface area contributed by atoms with Crippen molar-refractivity contribution in [3.63, 3.8) is 0 Å². The van der Waals surface area contributed by atoms with Gasteiger partial charge in [-0.2, -0.15) is 0 Å². The standard InChI is InChI=1S/C20H28N2O/c1-14(2)23-20-8-7-17(13-19(20)21)6-5-9-22-18-11-15(3)10-16(4)12-18/h7-8,10-14,22H,5-6,9,21H2,1-4H3. The Morgan fingerprint density at radius 3 is 2.35 bits per heavy atom. The van der Waals surface area contributed by atoms with Crippen LogP contribution in [0.5, 0.6) is 5.75 Å². The lowest BCUT2D eigenvalue weighted by atomic mass is 10.1. The van der Waals surface area contributed by atoms with E-state index in [2.05, 4.69) is 43.4 Å². The normalized spacial score (nSPS) is 10.8. The maximum Gasteiger partial charge on any atom is 0.142 e. The number of nitrogen functional groups attached to an aromatic ring is 1. The molecule has 0 spiro atoms. The first-order valence-electron chi connectivity index (χ1n) is 8.31. The molecule has 0 bridgehead atoms. The fraction of sp³-hybridized carbons (Fsp3) is 0.400. The Balaban J connectivity index is 1.83. The van der Waals surface area contributed by atoms with Crippen molar-refractivity contribution in [3.8, 4) is 5.75 Å². The van der Waals surface area contributed by atoms with Gasteiger partial charge < -0.3 is 15.8 Å². The molecule has 124 valence electrons. The predicted octanol–water partition coefficient (Wildman–Crippen LogP) is 4.72. The minimum Gasteiger partial charge on any atom is -0.489 e. The molecule has 0 atom stereocenters. The third-order valence-electron chi connectivity index (χ3n) is 3.63. The van der Waals surface area contributed by atoms with Gasteiger partial charge in [0.05, 0.1) is 11.8 Å². The highest BCUT2D eigenvalue weighted by Gasteiger charge is 2.04. The zero-order valence-electron chi connectivity index (χ0n) is 14.6. The molecule has 0 radical (unpaired) electrons. The van der Waals surface area contributed by atoms with Crippen molar-refractivity contribution in [1.29, 1.82) is 0 Å². The zero-order valence-corrected chi connectivity index (χ0v) is 14.6. The maximum atomic E-state index is 6.06. The number of benzene rings is 2. The van der Waals surface area contributed by atoms with Crippen LogP contribution in [0.15, 0.2) is 36.4 Å². The minimum atomic E-state index is 0.144. The van der Waals surface area contributed by atoms with Crippen LogP contribution in [-0.2, 0) is 6.42 Å². The first kappa shape index (κ1) is 17.2. The Morgan fingerprint density at radius 1 is 1.04 bits per heavy atom. The van der Waals surface area contributed by atoms with Crippen LogP contribution in [0.3, 0.4) is 0 Å². The van der Waals surface area contributed by atoms with E-state index in [1.54, 1.807) is 0 Å². The summed E-state index contributed by atoms with van der Waals surface area (Å²) in [6.45, 7) is 9.22. The largest absolute Gasteiger partial charge is 0.489 e. The fourth-order valence-electron chi connectivity index (χ4n) is 2.72. The second-order valence-electron chi connectivity index (χ2n) is 6.45. The van der Waals surface area contributed by atoms with E-state index >= 15 is 0 Å². The van der Waals surface area contributed by atoms with Crippen LogP contribution in [0.25, 0.3) is 0 Å². The summed E-state index contributed by atoms with van der Waals surface area (Å²) in [5, 5.41) is 3.49. The Kier molecular flexibility index (Phi) is 5.91. The van der Waals surface area contributed by atoms with E-state index in [0.717, 1.165) is 30.8 Å². The van der Waals surface area contributed by atoms with Gasteiger partial charge in [-0.1, -0.05) is 12.1 Å². The van der Waals surface area contributed by atoms with Crippen molar-refractivity contribution < 1.29 is 4.74 Å². The smallest absolute Gasteiger partial charge is 0.142 e. The zero-order chi connectivity index (χ0) is 16.8. The molecule has 2 rings (SSSR count). The number of nitrogens with one attached hydrogen (secondary N) is 1. The van der Waals surface area contributed by atoms with Crippen LogP contribution in [0.1, 0.15) is 37.0 Å². The SMILES string of the molecule is Cc1cc(C)cc(NCCCc2ccc(OC(C)C)c(N)c2)c1. The maximum absolute atomic E-state index is 6.06. The summed E-state index contributed by atoms with van der Waals surface area (Å²) in [5.74, 6) is 0.775. The lowest BCUT2D eigenvalue weighted by Gasteiger charge is -2.13. The average Bonchev–Trinajstić information content (AvgIpc) is 2.45. The first-order valence-corrected chi connectivity index (χ1v) is 8.31. The summed E-state index contributed by atoms with van der Waals surface area (Å²) in [6, 6.07) is 12.7. The summed E-state index contributed by atoms with van der Waals surface area (Å²) < 4.78 is 5.67. The number of aryl methyl sites for hydroxylation is 3. The van der Waals surface area contributed by atoms with Crippen LogP contribution < -0.4 is 15.8 Å². The van der Waals surface area contributed by atoms with Crippen LogP contribution in [0, 0.1) is 13.8 Å². The van der Waals surface area contributed by atoms with Gasteiger partial charge in [0, 0.05) is 12.2 Å². The summed E-state index contributed by atoms with van der Waals surface area (Å²) in [5.41, 5.74) is 11.8. The molecule has 23 heavy (non-hydrogen) atoms. The van der Waals surface area contributed by atoms with Gasteiger partial charge in [-0.15, -0.1) is 0 Å². The molecule has 0 fully saturated rings. The van der Waals surface area contributed by atoms with E-state index < -0.39 is 0 Å². The lowest BCUT2D eigenvalue weighted by Crippen LogP contribution is -2.08. The first-order chi connectivity index (χ1) is 10.9. The molecule has 0 aromatic heterocycles. The Morgan fingerprint density at radius 2 is 1.74 bits per heavy atom. The molecule has 0 aliphatic carbocycles. The van der Waals surface area contributed by atoms with Crippen LogP contribution in [-0.4, -0.2) is 12.6 Å². The molecule has 0 heterocycles. The van der Waals surface area contributed by atoms with Crippen molar-refractivity contribution in [3.05, 3.63) is 53.1 Å². The van der Waals surface area contributed by atoms with Crippen molar-refractivity contribution in [2.75, 3.05) is 17.6 Å². The van der Waals surface area contributed by atoms with Gasteiger partial charge in [-0.3, -0.25) is 0 Å². The molecular formula is C20H28N2O. The fourth-order valence-corrected chi connectivity index (χ4v) is 2.72. The van der Waals surface area contributed by atoms with E-state index in [0.29, 0.717) is 0 Å². The number of rotatable bonds is 7. The molecule has 3 nitrogen and oxygen atoms in total. The molecule has 2 aromatic rings. The molecule has 0 unspecified atom stereocenters. The van der Waals surface area contributed by atoms with Crippen LogP contribution in [0.2, 0.25) is 0 Å². The summed E-state index contributed by atoms with van der Waals surface area (Å²) in [7, 11) is 0. The van der Waals surface area contributed by atoms with Crippen LogP contribution in [0.4, 0.5) is 11.4 Å². The van der Waals surface area contributed by atoms with Crippen LogP contribution >= 0.6 is 0 Å². The van der Waals surface area contributed by atoms with Gasteiger partial charge in [0.2, 0.25) is 0 Å². The predicted molar refractivity (Wildman–Crippen MR) is 99.3 cm³/mol. The number of hydrogen-bond donors (Lipinski definition) is 2. The Labute approximate surface area is 139 Å². The Hall–Kier alpha value is -2.16. The third-order valence-corrected chi connectivity index (χ3v) is 3.63. The molecule has 0 amide bonds. The highest BCUT2D eigenvalue weighted by molar-refractivity contribution is 5.54. The van der Waals surface area contributed by atoms with Gasteiger partial charge >= 0.3 is 0 Å². The second-order valence-corrected chi connectivity index (χ2v) is 6.45. The van der Waals surface area contributed by atoms with Gasteiger partial charge in [-0.05, 0) is 81.5 Å². The van der Waals surface area contributed by atoms with E-state index in [1.165, 1.54) is 22.4 Å². The van der Waals surface area contributed by atoms with Crippen molar-refractivity contribution in [2.45, 2.75) is 46.6 Å². The van der Waals surface area contributed by atoms with Gasteiger partial charge in [-0.25, -0.2) is 0 Å². The number of anilines is 2. The van der Waals surface area contributed by atoms with E-state index in [1.807, 2.05) is 26.0 Å². The molecule has 2 aromatic carbocycles. The highest BCUT2D eigenvalue weighted by atomic mass is 16.5. The summed E-state index contributed by atoms with van der Waals surface area (Å²) in [6.07, 6.45) is 2.21. The van der Waals surface area contributed by atoms with Gasteiger partial charge in [0.25, 0.3) is 0 Å². The topological polar surface area (TPSA) is 47.3 Å². The van der Waals surface area contributed by atoms with Crippen molar-refractivity contribution >= 4 is 11.4 Å². The minimum absolute atomic E-state index is 0.144. The van der Waals surface area contributed by atoms with Gasteiger partial charge in [0.15, 0.2) is 0 Å². The van der Waals surface area contributed by atoms with Gasteiger partial charge in [0.1, 0.15) is 5.75 Å². The number of hydrogen-bond acceptors (Lipinski definition) is 3. The molecular weight excluding hydrogens is 284 g/mol. The second kappa shape index (κ2) is 7.91. The van der Waals surface area contributed by atoms with Crippen molar-refractivity contribution in [1.82, 2.24) is 0 Å². The van der Waals surface area contributed by atoms with Crippen molar-refractivity contribution in [2.24, 2.45) is 0 Å². The molecule has 0 saturated carbocycles.